The van der Waals surface area contributed by atoms with Gasteiger partial charge in [-0.05, 0) is 24.1 Å². The van der Waals surface area contributed by atoms with Crippen LogP contribution in [-0.4, -0.2) is 11.1 Å². The van der Waals surface area contributed by atoms with Gasteiger partial charge in [-0.3, -0.25) is 0 Å². The van der Waals surface area contributed by atoms with E-state index < -0.39 is 5.97 Å². The number of carbonyl (C=O) groups is 1. The zero-order chi connectivity index (χ0) is 7.84. The molecule has 1 aliphatic carbocycles. The Hall–Kier alpha value is -1.09. The summed E-state index contributed by atoms with van der Waals surface area (Å²) in [4.78, 5) is 12.0. The summed E-state index contributed by atoms with van der Waals surface area (Å²) >= 11 is 1.34. The smallest absolute Gasteiger partial charge is 0.345 e. The van der Waals surface area contributed by atoms with Crippen LogP contribution in [0.1, 0.15) is 20.1 Å². The van der Waals surface area contributed by atoms with Gasteiger partial charge in [0.2, 0.25) is 0 Å². The molecule has 3 heteroatoms. The third-order valence-corrected chi connectivity index (χ3v) is 2.79. The van der Waals surface area contributed by atoms with Crippen molar-refractivity contribution in [1.82, 2.24) is 0 Å². The van der Waals surface area contributed by atoms with E-state index in [0.29, 0.717) is 4.88 Å². The van der Waals surface area contributed by atoms with E-state index in [1.165, 1.54) is 11.3 Å². The lowest BCUT2D eigenvalue weighted by molar-refractivity contribution is 0.0702. The van der Waals surface area contributed by atoms with Crippen molar-refractivity contribution < 1.29 is 9.90 Å². The summed E-state index contributed by atoms with van der Waals surface area (Å²) in [6.45, 7) is 0. The minimum atomic E-state index is -0.821. The van der Waals surface area contributed by atoms with E-state index in [2.05, 4.69) is 0 Å². The van der Waals surface area contributed by atoms with Crippen LogP contribution in [0.2, 0.25) is 0 Å². The van der Waals surface area contributed by atoms with Gasteiger partial charge in [-0.2, -0.15) is 0 Å². The largest absolute Gasteiger partial charge is 0.477 e. The standard InChI is InChI=1S/C8H6O2S/c9-8(10)7-4-5-2-1-3-6(5)11-7/h1,3-4H,2H2,(H,9,10). The van der Waals surface area contributed by atoms with E-state index in [1.807, 2.05) is 12.2 Å². The number of carboxylic acid groups (broad SMARTS) is 1. The molecule has 0 aliphatic heterocycles. The Morgan fingerprint density at radius 1 is 1.64 bits per heavy atom. The Balaban J connectivity index is 2.49. The summed E-state index contributed by atoms with van der Waals surface area (Å²) in [6.07, 6.45) is 4.92. The molecule has 11 heavy (non-hydrogen) atoms. The summed E-state index contributed by atoms with van der Waals surface area (Å²) in [7, 11) is 0. The fourth-order valence-electron chi connectivity index (χ4n) is 1.14. The Bertz CT molecular complexity index is 336. The van der Waals surface area contributed by atoms with E-state index >= 15 is 0 Å². The number of fused-ring (bicyclic) bond motifs is 1. The molecule has 0 aromatic carbocycles. The molecule has 1 heterocycles. The molecule has 0 bridgehead atoms. The molecule has 1 aliphatic rings. The number of hydrogen-bond acceptors (Lipinski definition) is 2. The molecule has 0 atom stereocenters. The molecule has 0 saturated heterocycles. The monoisotopic (exact) mass is 166 g/mol. The first-order valence-corrected chi connectivity index (χ1v) is 4.11. The van der Waals surface area contributed by atoms with Crippen LogP contribution in [0.15, 0.2) is 12.1 Å². The van der Waals surface area contributed by atoms with Gasteiger partial charge in [0.05, 0.1) is 0 Å². The van der Waals surface area contributed by atoms with Gasteiger partial charge in [0.1, 0.15) is 4.88 Å². The molecule has 0 saturated carbocycles. The van der Waals surface area contributed by atoms with Crippen molar-refractivity contribution in [3.63, 3.8) is 0 Å². The van der Waals surface area contributed by atoms with Crippen LogP contribution in [0.5, 0.6) is 0 Å². The predicted molar refractivity (Wildman–Crippen MR) is 44.0 cm³/mol. The van der Waals surface area contributed by atoms with Gasteiger partial charge >= 0.3 is 5.97 Å². The lowest BCUT2D eigenvalue weighted by Crippen LogP contribution is -1.90. The molecule has 56 valence electrons. The topological polar surface area (TPSA) is 37.3 Å². The first kappa shape index (κ1) is 6.61. The summed E-state index contributed by atoms with van der Waals surface area (Å²) in [6, 6.07) is 1.75. The maximum atomic E-state index is 10.5. The van der Waals surface area contributed by atoms with E-state index in [4.69, 9.17) is 5.11 Å². The van der Waals surface area contributed by atoms with Gasteiger partial charge in [0.25, 0.3) is 0 Å². The highest BCUT2D eigenvalue weighted by molar-refractivity contribution is 7.15. The first-order chi connectivity index (χ1) is 5.27. The molecular formula is C8H6O2S. The van der Waals surface area contributed by atoms with Crippen LogP contribution >= 0.6 is 11.3 Å². The number of carboxylic acids is 1. The van der Waals surface area contributed by atoms with Gasteiger partial charge in [-0.1, -0.05) is 6.08 Å². The van der Waals surface area contributed by atoms with Crippen LogP contribution in [-0.2, 0) is 6.42 Å². The average molecular weight is 166 g/mol. The molecule has 0 radical (unpaired) electrons. The second kappa shape index (κ2) is 2.20. The highest BCUT2D eigenvalue weighted by Crippen LogP contribution is 2.28. The fraction of sp³-hybridized carbons (Fsp3) is 0.125. The fourth-order valence-corrected chi connectivity index (χ4v) is 2.10. The second-order valence-corrected chi connectivity index (χ2v) is 3.50. The van der Waals surface area contributed by atoms with E-state index in [0.717, 1.165) is 16.9 Å². The SMILES string of the molecule is O=C(O)c1cc2c(s1)C=CC2. The quantitative estimate of drug-likeness (QED) is 0.693. The number of rotatable bonds is 1. The number of allylic oxidation sites excluding steroid dienone is 1. The summed E-state index contributed by atoms with van der Waals surface area (Å²) in [5.74, 6) is -0.821. The van der Waals surface area contributed by atoms with Crippen molar-refractivity contribution in [3.8, 4) is 0 Å². The summed E-state index contributed by atoms with van der Waals surface area (Å²) in [5.41, 5.74) is 1.15. The molecule has 1 aromatic rings. The number of aromatic carboxylic acids is 1. The molecule has 1 aromatic heterocycles. The Labute approximate surface area is 67.8 Å². The van der Waals surface area contributed by atoms with Crippen LogP contribution < -0.4 is 0 Å². The highest BCUT2D eigenvalue weighted by atomic mass is 32.1. The van der Waals surface area contributed by atoms with Gasteiger partial charge in [0.15, 0.2) is 0 Å². The van der Waals surface area contributed by atoms with Crippen LogP contribution in [0.25, 0.3) is 6.08 Å². The Morgan fingerprint density at radius 3 is 3.09 bits per heavy atom. The van der Waals surface area contributed by atoms with E-state index in [1.54, 1.807) is 6.07 Å². The minimum Gasteiger partial charge on any atom is -0.477 e. The highest BCUT2D eigenvalue weighted by Gasteiger charge is 2.13. The van der Waals surface area contributed by atoms with Gasteiger partial charge in [-0.25, -0.2) is 4.79 Å². The molecule has 0 unspecified atom stereocenters. The molecular weight excluding hydrogens is 160 g/mol. The van der Waals surface area contributed by atoms with Crippen molar-refractivity contribution >= 4 is 23.4 Å². The lowest BCUT2D eigenvalue weighted by Gasteiger charge is -1.82. The first-order valence-electron chi connectivity index (χ1n) is 3.30. The summed E-state index contributed by atoms with van der Waals surface area (Å²) < 4.78 is 0. The van der Waals surface area contributed by atoms with Gasteiger partial charge < -0.3 is 5.11 Å². The van der Waals surface area contributed by atoms with Gasteiger partial charge in [0, 0.05) is 4.88 Å². The minimum absolute atomic E-state index is 0.444. The maximum Gasteiger partial charge on any atom is 0.345 e. The lowest BCUT2D eigenvalue weighted by atomic mass is 10.2. The van der Waals surface area contributed by atoms with E-state index in [9.17, 15) is 4.79 Å². The van der Waals surface area contributed by atoms with Crippen molar-refractivity contribution in [2.45, 2.75) is 6.42 Å². The van der Waals surface area contributed by atoms with Crippen molar-refractivity contribution in [1.29, 1.82) is 0 Å². The number of hydrogen-bond donors (Lipinski definition) is 1. The zero-order valence-corrected chi connectivity index (χ0v) is 6.52. The van der Waals surface area contributed by atoms with Crippen LogP contribution in [0.4, 0.5) is 0 Å². The third kappa shape index (κ3) is 0.973. The number of thiophene rings is 1. The maximum absolute atomic E-state index is 10.5. The second-order valence-electron chi connectivity index (χ2n) is 2.41. The Kier molecular flexibility index (Phi) is 1.32. The molecule has 0 amide bonds. The normalized spacial score (nSPS) is 13.5. The van der Waals surface area contributed by atoms with Crippen LogP contribution in [0, 0.1) is 0 Å². The predicted octanol–water partition coefficient (Wildman–Crippen LogP) is 2.02. The summed E-state index contributed by atoms with van der Waals surface area (Å²) in [5, 5.41) is 8.63. The molecule has 1 N–H and O–H groups in total. The van der Waals surface area contributed by atoms with E-state index in [-0.39, 0.29) is 0 Å². The third-order valence-electron chi connectivity index (χ3n) is 1.66. The zero-order valence-electron chi connectivity index (χ0n) is 5.70. The molecule has 2 nitrogen and oxygen atoms in total. The average Bonchev–Trinajstić information content (AvgIpc) is 2.40. The van der Waals surface area contributed by atoms with Crippen LogP contribution in [0.3, 0.4) is 0 Å². The van der Waals surface area contributed by atoms with Crippen molar-refractivity contribution in [2.75, 3.05) is 0 Å². The molecule has 0 fully saturated rings. The molecule has 2 rings (SSSR count). The Morgan fingerprint density at radius 2 is 2.45 bits per heavy atom. The van der Waals surface area contributed by atoms with Gasteiger partial charge in [-0.15, -0.1) is 11.3 Å². The van der Waals surface area contributed by atoms with Crippen molar-refractivity contribution in [3.05, 3.63) is 27.5 Å². The molecule has 0 spiro atoms. The van der Waals surface area contributed by atoms with Crippen molar-refractivity contribution in [2.24, 2.45) is 0 Å².